The minimum atomic E-state index is -7.97. The molecule has 0 aromatic heterocycles. The fraction of sp³-hybridized carbons (Fsp3) is 1.00. The third-order valence-corrected chi connectivity index (χ3v) is 7.28. The van der Waals surface area contributed by atoms with Crippen molar-refractivity contribution in [2.24, 2.45) is 0 Å². The predicted molar refractivity (Wildman–Crippen MR) is 113 cm³/mol. The van der Waals surface area contributed by atoms with Crippen molar-refractivity contribution in [2.45, 2.75) is 110 Å². The van der Waals surface area contributed by atoms with Crippen molar-refractivity contribution in [2.75, 3.05) is 26.4 Å². The fourth-order valence-electron chi connectivity index (χ4n) is 3.54. The smallest absolute Gasteiger partial charge is 0.375 e. The Morgan fingerprint density at radius 1 is 0.400 bits per heavy atom. The van der Waals surface area contributed by atoms with Crippen molar-refractivity contribution in [1.29, 1.82) is 0 Å². The van der Waals surface area contributed by atoms with Gasteiger partial charge >= 0.3 is 72.7 Å². The highest BCUT2D eigenvalue weighted by molar-refractivity contribution is 5.03. The van der Waals surface area contributed by atoms with Crippen LogP contribution >= 0.6 is 0 Å². The number of hydrogen-bond acceptors (Lipinski definition) is 7. The first-order valence-electron chi connectivity index (χ1n) is 13.3. The number of hydrogen-bond donors (Lipinski definition) is 0. The molecular weight excluding hydrogens is 870 g/mol. The van der Waals surface area contributed by atoms with Crippen molar-refractivity contribution in [3.05, 3.63) is 0 Å². The lowest BCUT2D eigenvalue weighted by molar-refractivity contribution is -0.528. The highest BCUT2D eigenvalue weighted by atomic mass is 19.4. The average molecular weight is 886 g/mol. The maximum Gasteiger partial charge on any atom is 0.460 e. The van der Waals surface area contributed by atoms with Crippen LogP contribution in [0.2, 0.25) is 0 Å². The van der Waals surface area contributed by atoms with Gasteiger partial charge in [-0.1, -0.05) is 0 Å². The number of rotatable bonds is 20. The molecule has 4 atom stereocenters. The van der Waals surface area contributed by atoms with Crippen LogP contribution in [0.1, 0.15) is 13.8 Å². The Morgan fingerprint density at radius 2 is 0.636 bits per heavy atom. The Kier molecular flexibility index (Phi) is 12.3. The summed E-state index contributed by atoms with van der Waals surface area (Å²) in [5.41, 5.74) is -5.01. The summed E-state index contributed by atoms with van der Waals surface area (Å²) in [6.45, 7) is -4.07. The quantitative estimate of drug-likeness (QED) is 0.0897. The number of alkyl halides is 26. The zero-order chi connectivity index (χ0) is 43.9. The first-order valence-corrected chi connectivity index (χ1v) is 13.3. The summed E-state index contributed by atoms with van der Waals surface area (Å²) in [6.07, 6.45) is -63.6. The van der Waals surface area contributed by atoms with Crippen LogP contribution < -0.4 is 0 Å². The lowest BCUT2D eigenvalue weighted by atomic mass is 10.0. The van der Waals surface area contributed by atoms with Crippen LogP contribution in [0.3, 0.4) is 0 Å². The lowest BCUT2D eigenvalue weighted by Crippen LogP contribution is -2.64. The van der Waals surface area contributed by atoms with Crippen LogP contribution in [0.25, 0.3) is 0 Å². The maximum absolute atomic E-state index is 14.1. The molecule has 2 rings (SSSR count). The molecule has 55 heavy (non-hydrogen) atoms. The van der Waals surface area contributed by atoms with Gasteiger partial charge in [0.05, 0.1) is 38.6 Å². The van der Waals surface area contributed by atoms with E-state index in [2.05, 4.69) is 18.9 Å². The molecule has 0 aromatic carbocycles. The number of ether oxygens (including phenoxy) is 7. The summed E-state index contributed by atoms with van der Waals surface area (Å²) in [6, 6.07) is 0. The third-order valence-electron chi connectivity index (χ3n) is 7.28. The molecule has 2 fully saturated rings. The molecule has 7 nitrogen and oxygen atoms in total. The van der Waals surface area contributed by atoms with Gasteiger partial charge in [0, 0.05) is 0 Å². The molecule has 2 aliphatic rings. The van der Waals surface area contributed by atoms with E-state index in [1.807, 2.05) is 0 Å². The molecule has 2 aliphatic heterocycles. The van der Waals surface area contributed by atoms with E-state index in [-0.39, 0.29) is 13.8 Å². The van der Waals surface area contributed by atoms with Gasteiger partial charge in [-0.05, 0) is 13.8 Å². The van der Waals surface area contributed by atoms with Gasteiger partial charge < -0.3 is 23.7 Å². The molecule has 0 saturated carbocycles. The summed E-state index contributed by atoms with van der Waals surface area (Å²) in [5, 5.41) is 0. The van der Waals surface area contributed by atoms with Gasteiger partial charge in [-0.3, -0.25) is 0 Å². The molecule has 0 amide bonds. The third kappa shape index (κ3) is 8.70. The van der Waals surface area contributed by atoms with Crippen LogP contribution in [0.4, 0.5) is 114 Å². The molecule has 0 radical (unpaired) electrons. The Balaban J connectivity index is 2.11. The van der Waals surface area contributed by atoms with Gasteiger partial charge in [0.15, 0.2) is 0 Å². The molecular formula is C22H16F26O7. The fourth-order valence-corrected chi connectivity index (χ4v) is 3.54. The van der Waals surface area contributed by atoms with Crippen molar-refractivity contribution in [3.8, 4) is 0 Å². The van der Waals surface area contributed by atoms with Crippen LogP contribution in [-0.4, -0.2) is 123 Å². The molecule has 33 heteroatoms. The lowest BCUT2D eigenvalue weighted by Gasteiger charge is -2.37. The number of halogens is 26. The van der Waals surface area contributed by atoms with E-state index in [1.54, 1.807) is 9.47 Å². The Morgan fingerprint density at radius 3 is 0.836 bits per heavy atom. The minimum absolute atomic E-state index is 0.270. The standard InChI is InChI=1S/C22H16F26O7/c1-7(52-19(41,42)21(45,46)54-17(37,38)13(27,28)11(23,24)15(31,32)33)9(5-50-9)3-49-4-10(6-51-10)8(2)53-20(43,44)22(47,48)55-18(39,40)14(29,30)12(25,26)16(34,35)36/h7-8H,3-6H2,1-2H3. The minimum Gasteiger partial charge on any atom is -0.375 e. The maximum atomic E-state index is 14.1. The van der Waals surface area contributed by atoms with Gasteiger partial charge in [0.1, 0.15) is 11.2 Å². The molecule has 0 N–H and O–H groups in total. The first kappa shape index (κ1) is 49.0. The Hall–Kier alpha value is -2.10. The summed E-state index contributed by atoms with van der Waals surface area (Å²) < 4.78 is 367. The van der Waals surface area contributed by atoms with Crippen LogP contribution in [0.5, 0.6) is 0 Å². The van der Waals surface area contributed by atoms with E-state index in [1.165, 1.54) is 0 Å². The topological polar surface area (TPSA) is 71.2 Å². The van der Waals surface area contributed by atoms with Crippen LogP contribution in [0, 0.1) is 0 Å². The molecule has 2 heterocycles. The molecule has 0 aromatic rings. The van der Waals surface area contributed by atoms with Gasteiger partial charge in [-0.2, -0.15) is 114 Å². The zero-order valence-electron chi connectivity index (χ0n) is 25.7. The van der Waals surface area contributed by atoms with E-state index in [0.717, 1.165) is 0 Å². The largest absolute Gasteiger partial charge is 0.460 e. The summed E-state index contributed by atoms with van der Waals surface area (Å²) in [5.74, 6) is -31.7. The molecule has 4 unspecified atom stereocenters. The van der Waals surface area contributed by atoms with Gasteiger partial charge in [0.25, 0.3) is 0 Å². The van der Waals surface area contributed by atoms with E-state index in [0.29, 0.717) is 0 Å². The molecule has 0 spiro atoms. The SMILES string of the molecule is CC(OC(F)(F)C(F)(F)OC(F)(F)C(F)(F)C(F)(F)C(F)(F)F)C1(COCC2(C(C)OC(F)(F)C(F)(F)OC(F)(F)C(F)(F)C(F)(F)C(F)(F)F)CO2)CO1. The normalized spacial score (nSPS) is 24.2. The summed E-state index contributed by atoms with van der Waals surface area (Å²) in [4.78, 5) is 0. The van der Waals surface area contributed by atoms with Gasteiger partial charge in [-0.25, -0.2) is 9.47 Å². The summed E-state index contributed by atoms with van der Waals surface area (Å²) in [7, 11) is 0. The second kappa shape index (κ2) is 13.7. The average Bonchev–Trinajstić information content (AvgIpc) is 3.86. The Labute approximate surface area is 284 Å². The molecule has 0 bridgehead atoms. The van der Waals surface area contributed by atoms with Crippen LogP contribution in [-0.2, 0) is 33.2 Å². The van der Waals surface area contributed by atoms with Crippen molar-refractivity contribution in [1.82, 2.24) is 0 Å². The van der Waals surface area contributed by atoms with E-state index in [4.69, 9.17) is 4.74 Å². The zero-order valence-corrected chi connectivity index (χ0v) is 25.7. The predicted octanol–water partition coefficient (Wildman–Crippen LogP) is 8.61. The summed E-state index contributed by atoms with van der Waals surface area (Å²) >= 11 is 0. The van der Waals surface area contributed by atoms with E-state index < -0.39 is 123 Å². The first-order chi connectivity index (χ1) is 23.8. The van der Waals surface area contributed by atoms with E-state index >= 15 is 0 Å². The monoisotopic (exact) mass is 886 g/mol. The second-order valence-electron chi connectivity index (χ2n) is 11.3. The Bertz CT molecular complexity index is 1250. The second-order valence-corrected chi connectivity index (χ2v) is 11.3. The highest BCUT2D eigenvalue weighted by Gasteiger charge is 2.86. The van der Waals surface area contributed by atoms with Crippen molar-refractivity contribution >= 4 is 0 Å². The van der Waals surface area contributed by atoms with Crippen molar-refractivity contribution < 1.29 is 147 Å². The molecule has 328 valence electrons. The van der Waals surface area contributed by atoms with E-state index in [9.17, 15) is 114 Å². The van der Waals surface area contributed by atoms with Gasteiger partial charge in [0.2, 0.25) is 0 Å². The number of epoxide rings is 2. The molecule has 2 saturated heterocycles. The van der Waals surface area contributed by atoms with Crippen LogP contribution in [0.15, 0.2) is 0 Å². The highest BCUT2D eigenvalue weighted by Crippen LogP contribution is 2.58. The van der Waals surface area contributed by atoms with Crippen molar-refractivity contribution in [3.63, 3.8) is 0 Å². The van der Waals surface area contributed by atoms with Gasteiger partial charge in [-0.15, -0.1) is 0 Å². The molecule has 0 aliphatic carbocycles.